The SMILES string of the molecule is COCC1CN(c2ccc(Nc3ncc4c(n3)N(C)CN(c3c(F)cccc3Cl)C4=O)cc2)CCN1. The number of carbonyl (C=O) groups is 1. The fourth-order valence-corrected chi connectivity index (χ4v) is 4.81. The summed E-state index contributed by atoms with van der Waals surface area (Å²) in [6, 6.07) is 12.7. The van der Waals surface area contributed by atoms with Gasteiger partial charge in [0.25, 0.3) is 5.91 Å². The van der Waals surface area contributed by atoms with E-state index in [-0.39, 0.29) is 22.9 Å². The van der Waals surface area contributed by atoms with Crippen LogP contribution in [0.5, 0.6) is 0 Å². The minimum atomic E-state index is -0.564. The summed E-state index contributed by atoms with van der Waals surface area (Å²) < 4.78 is 19.7. The Bertz CT molecular complexity index is 1240. The topological polar surface area (TPSA) is 85.9 Å². The third-order valence-electron chi connectivity index (χ3n) is 6.28. The molecule has 1 atom stereocenters. The number of hydrogen-bond donors (Lipinski definition) is 2. The zero-order chi connectivity index (χ0) is 25.2. The third kappa shape index (κ3) is 4.79. The number of halogens is 2. The van der Waals surface area contributed by atoms with Crippen molar-refractivity contribution in [3.63, 3.8) is 0 Å². The molecule has 5 rings (SSSR count). The van der Waals surface area contributed by atoms with E-state index in [1.165, 1.54) is 23.2 Å². The standard InChI is InChI=1S/C25H27ClFN7O2/c1-32-15-34(22-20(26)4-3-5-21(22)27)24(35)19-12-29-25(31-23(19)32)30-16-6-8-18(9-7-16)33-11-10-28-17(13-33)14-36-2/h3-9,12,17,28H,10-11,13-15H2,1-2H3,(H,29,30,31). The van der Waals surface area contributed by atoms with Gasteiger partial charge in [0.2, 0.25) is 5.95 Å². The van der Waals surface area contributed by atoms with Gasteiger partial charge in [-0.25, -0.2) is 9.37 Å². The van der Waals surface area contributed by atoms with Crippen molar-refractivity contribution in [2.24, 2.45) is 0 Å². The van der Waals surface area contributed by atoms with E-state index in [9.17, 15) is 9.18 Å². The molecule has 188 valence electrons. The molecule has 2 aromatic carbocycles. The normalized spacial score (nSPS) is 17.8. The number of ether oxygens (including phenoxy) is 1. The summed E-state index contributed by atoms with van der Waals surface area (Å²) >= 11 is 6.19. The Morgan fingerprint density at radius 2 is 2.06 bits per heavy atom. The fourth-order valence-electron chi connectivity index (χ4n) is 4.54. The van der Waals surface area contributed by atoms with Crippen molar-refractivity contribution < 1.29 is 13.9 Å². The van der Waals surface area contributed by atoms with Crippen molar-refractivity contribution in [2.45, 2.75) is 6.04 Å². The molecule has 1 amide bonds. The quantitative estimate of drug-likeness (QED) is 0.520. The van der Waals surface area contributed by atoms with Gasteiger partial charge in [-0.05, 0) is 36.4 Å². The van der Waals surface area contributed by atoms with E-state index in [0.29, 0.717) is 24.4 Å². The van der Waals surface area contributed by atoms with Crippen molar-refractivity contribution in [3.05, 3.63) is 65.1 Å². The highest BCUT2D eigenvalue weighted by Crippen LogP contribution is 2.34. The molecule has 1 saturated heterocycles. The molecule has 0 bridgehead atoms. The summed E-state index contributed by atoms with van der Waals surface area (Å²) in [5, 5.41) is 6.83. The molecule has 3 aromatic rings. The van der Waals surface area contributed by atoms with Gasteiger partial charge in [0.05, 0.1) is 18.3 Å². The summed E-state index contributed by atoms with van der Waals surface area (Å²) in [6.07, 6.45) is 1.45. The van der Waals surface area contributed by atoms with Crippen LogP contribution in [0.2, 0.25) is 5.02 Å². The summed E-state index contributed by atoms with van der Waals surface area (Å²) in [7, 11) is 3.50. The van der Waals surface area contributed by atoms with Gasteiger partial charge in [0.15, 0.2) is 0 Å². The van der Waals surface area contributed by atoms with Crippen LogP contribution in [0.4, 0.5) is 33.2 Å². The molecule has 9 nitrogen and oxygen atoms in total. The second-order valence-corrected chi connectivity index (χ2v) is 9.21. The second-order valence-electron chi connectivity index (χ2n) is 8.80. The van der Waals surface area contributed by atoms with Gasteiger partial charge < -0.3 is 25.2 Å². The largest absolute Gasteiger partial charge is 0.383 e. The number of rotatable bonds is 6. The number of hydrogen-bond acceptors (Lipinski definition) is 8. The smallest absolute Gasteiger partial charge is 0.265 e. The van der Waals surface area contributed by atoms with Crippen molar-refractivity contribution >= 4 is 46.3 Å². The average molecular weight is 512 g/mol. The molecule has 0 aliphatic carbocycles. The molecule has 1 unspecified atom stereocenters. The maximum Gasteiger partial charge on any atom is 0.265 e. The molecule has 1 fully saturated rings. The van der Waals surface area contributed by atoms with E-state index in [1.54, 1.807) is 25.1 Å². The highest BCUT2D eigenvalue weighted by molar-refractivity contribution is 6.34. The van der Waals surface area contributed by atoms with E-state index < -0.39 is 11.7 Å². The number of nitrogens with zero attached hydrogens (tertiary/aromatic N) is 5. The first-order valence-corrected chi connectivity index (χ1v) is 12.0. The van der Waals surface area contributed by atoms with Crippen LogP contribution in [0.3, 0.4) is 0 Å². The predicted molar refractivity (Wildman–Crippen MR) is 139 cm³/mol. The van der Waals surface area contributed by atoms with Gasteiger partial charge in [-0.15, -0.1) is 0 Å². The molecule has 2 N–H and O–H groups in total. The molecule has 36 heavy (non-hydrogen) atoms. The van der Waals surface area contributed by atoms with E-state index in [1.807, 2.05) is 12.1 Å². The summed E-state index contributed by atoms with van der Waals surface area (Å²) in [5.41, 5.74) is 2.27. The Labute approximate surface area is 213 Å². The molecule has 2 aliphatic heterocycles. The number of fused-ring (bicyclic) bond motifs is 1. The summed E-state index contributed by atoms with van der Waals surface area (Å²) in [5.74, 6) is -0.150. The number of amides is 1. The minimum Gasteiger partial charge on any atom is -0.383 e. The van der Waals surface area contributed by atoms with Crippen LogP contribution in [-0.2, 0) is 4.74 Å². The van der Waals surface area contributed by atoms with E-state index >= 15 is 0 Å². The summed E-state index contributed by atoms with van der Waals surface area (Å²) in [6.45, 7) is 3.49. The van der Waals surface area contributed by atoms with Crippen LogP contribution in [-0.4, -0.2) is 69.0 Å². The van der Waals surface area contributed by atoms with E-state index in [2.05, 4.69) is 37.6 Å². The lowest BCUT2D eigenvalue weighted by atomic mass is 10.1. The van der Waals surface area contributed by atoms with Crippen LogP contribution in [0.1, 0.15) is 10.4 Å². The van der Waals surface area contributed by atoms with Crippen LogP contribution < -0.4 is 25.3 Å². The van der Waals surface area contributed by atoms with Gasteiger partial charge in [-0.3, -0.25) is 9.69 Å². The fraction of sp³-hybridized carbons (Fsp3) is 0.320. The molecule has 3 heterocycles. The number of anilines is 5. The van der Waals surface area contributed by atoms with Crippen LogP contribution in [0.15, 0.2) is 48.7 Å². The summed E-state index contributed by atoms with van der Waals surface area (Å²) in [4.78, 5) is 27.4. The lowest BCUT2D eigenvalue weighted by Gasteiger charge is -2.35. The zero-order valence-electron chi connectivity index (χ0n) is 20.0. The number of para-hydroxylation sites is 1. The lowest BCUT2D eigenvalue weighted by molar-refractivity contribution is 0.0981. The Morgan fingerprint density at radius 1 is 1.25 bits per heavy atom. The highest BCUT2D eigenvalue weighted by atomic mass is 35.5. The molecule has 1 aromatic heterocycles. The Morgan fingerprint density at radius 3 is 2.81 bits per heavy atom. The van der Waals surface area contributed by atoms with Gasteiger partial charge in [-0.2, -0.15) is 4.98 Å². The molecule has 0 saturated carbocycles. The Balaban J connectivity index is 1.31. The van der Waals surface area contributed by atoms with Crippen LogP contribution in [0.25, 0.3) is 0 Å². The van der Waals surface area contributed by atoms with Crippen molar-refractivity contribution in [2.75, 3.05) is 67.1 Å². The zero-order valence-corrected chi connectivity index (χ0v) is 20.8. The van der Waals surface area contributed by atoms with Crippen molar-refractivity contribution in [3.8, 4) is 0 Å². The maximum absolute atomic E-state index is 14.5. The number of carbonyl (C=O) groups excluding carboxylic acids is 1. The second kappa shape index (κ2) is 10.3. The first-order chi connectivity index (χ1) is 17.4. The number of benzene rings is 2. The Hall–Kier alpha value is -3.47. The van der Waals surface area contributed by atoms with Crippen LogP contribution >= 0.6 is 11.6 Å². The monoisotopic (exact) mass is 511 g/mol. The van der Waals surface area contributed by atoms with E-state index in [0.717, 1.165) is 31.0 Å². The van der Waals surface area contributed by atoms with Gasteiger partial charge in [-0.1, -0.05) is 17.7 Å². The maximum atomic E-state index is 14.5. The van der Waals surface area contributed by atoms with Gasteiger partial charge in [0, 0.05) is 57.4 Å². The van der Waals surface area contributed by atoms with Crippen molar-refractivity contribution in [1.29, 1.82) is 0 Å². The first-order valence-electron chi connectivity index (χ1n) is 11.6. The molecule has 0 spiro atoms. The molecule has 11 heteroatoms. The third-order valence-corrected chi connectivity index (χ3v) is 6.58. The lowest BCUT2D eigenvalue weighted by Crippen LogP contribution is -2.52. The van der Waals surface area contributed by atoms with Crippen LogP contribution in [0, 0.1) is 5.82 Å². The first kappa shape index (κ1) is 24.2. The number of piperazine rings is 1. The number of aromatic nitrogens is 2. The molecular weight excluding hydrogens is 485 g/mol. The number of methoxy groups -OCH3 is 1. The molecule has 0 radical (unpaired) electrons. The van der Waals surface area contributed by atoms with Gasteiger partial charge >= 0.3 is 0 Å². The molecular formula is C25H27ClFN7O2. The van der Waals surface area contributed by atoms with Crippen molar-refractivity contribution in [1.82, 2.24) is 15.3 Å². The Kier molecular flexibility index (Phi) is 6.90. The minimum absolute atomic E-state index is 0.0435. The average Bonchev–Trinajstić information content (AvgIpc) is 2.88. The molecule has 2 aliphatic rings. The predicted octanol–water partition coefficient (Wildman–Crippen LogP) is 3.49. The highest BCUT2D eigenvalue weighted by Gasteiger charge is 2.33. The van der Waals surface area contributed by atoms with Gasteiger partial charge in [0.1, 0.15) is 22.9 Å². The van der Waals surface area contributed by atoms with E-state index in [4.69, 9.17) is 16.3 Å². The number of nitrogens with one attached hydrogen (secondary N) is 2.